The smallest absolute Gasteiger partial charge is 0.324 e. The van der Waals surface area contributed by atoms with E-state index in [1.807, 2.05) is 11.0 Å². The van der Waals surface area contributed by atoms with Gasteiger partial charge in [0.05, 0.1) is 28.9 Å². The number of urea groups is 1. The molecule has 4 heterocycles. The summed E-state index contributed by atoms with van der Waals surface area (Å²) in [4.78, 5) is 19.2. The zero-order chi connectivity index (χ0) is 15.6. The lowest BCUT2D eigenvalue weighted by Gasteiger charge is -2.34. The number of amides is 2. The van der Waals surface area contributed by atoms with Crippen LogP contribution < -0.4 is 20.3 Å². The molecule has 7 heteroatoms. The summed E-state index contributed by atoms with van der Waals surface area (Å²) in [7, 11) is 0. The first-order chi connectivity index (χ1) is 11.2. The van der Waals surface area contributed by atoms with Crippen LogP contribution in [0.1, 0.15) is 18.9 Å². The van der Waals surface area contributed by atoms with E-state index < -0.39 is 0 Å². The van der Waals surface area contributed by atoms with E-state index >= 15 is 0 Å². The van der Waals surface area contributed by atoms with Crippen molar-refractivity contribution in [3.8, 4) is 5.75 Å². The number of aromatic nitrogens is 1. The quantitative estimate of drug-likeness (QED) is 0.838. The molecule has 2 fully saturated rings. The van der Waals surface area contributed by atoms with Crippen LogP contribution in [0.15, 0.2) is 12.1 Å². The van der Waals surface area contributed by atoms with Gasteiger partial charge >= 0.3 is 6.03 Å². The summed E-state index contributed by atoms with van der Waals surface area (Å²) in [6.07, 6.45) is 1.86. The molecule has 0 radical (unpaired) electrons. The summed E-state index contributed by atoms with van der Waals surface area (Å²) >= 11 is 1.59. The Kier molecular flexibility index (Phi) is 2.84. The molecular formula is C16H18N4O2S. The zero-order valence-corrected chi connectivity index (χ0v) is 13.7. The Morgan fingerprint density at radius 2 is 2.35 bits per heavy atom. The van der Waals surface area contributed by atoms with Gasteiger partial charge in [-0.2, -0.15) is 0 Å². The Bertz CT molecular complexity index is 805. The van der Waals surface area contributed by atoms with Crippen molar-refractivity contribution in [2.24, 2.45) is 0 Å². The van der Waals surface area contributed by atoms with Gasteiger partial charge < -0.3 is 15.4 Å². The summed E-state index contributed by atoms with van der Waals surface area (Å²) in [5.41, 5.74) is 2.17. The van der Waals surface area contributed by atoms with Gasteiger partial charge in [0.2, 0.25) is 0 Å². The Balaban J connectivity index is 1.61. The second kappa shape index (κ2) is 4.82. The molecule has 5 rings (SSSR count). The molecule has 3 aliphatic rings. The number of fused-ring (bicyclic) bond motifs is 4. The number of benzene rings is 1. The Morgan fingerprint density at radius 3 is 3.26 bits per heavy atom. The van der Waals surface area contributed by atoms with Gasteiger partial charge in [-0.15, -0.1) is 0 Å². The molecule has 0 bridgehead atoms. The number of anilines is 1. The number of hydrogen-bond acceptors (Lipinski definition) is 5. The van der Waals surface area contributed by atoms with Crippen molar-refractivity contribution in [2.45, 2.75) is 37.9 Å². The number of carbonyl (C=O) groups excluding carboxylic acids is 1. The molecule has 0 spiro atoms. The first-order valence-electron chi connectivity index (χ1n) is 8.11. The predicted octanol–water partition coefficient (Wildman–Crippen LogP) is 1.88. The van der Waals surface area contributed by atoms with E-state index in [0.717, 1.165) is 47.1 Å². The summed E-state index contributed by atoms with van der Waals surface area (Å²) in [5, 5.41) is 7.38. The van der Waals surface area contributed by atoms with E-state index in [0.29, 0.717) is 0 Å². The van der Waals surface area contributed by atoms with Crippen LogP contribution in [-0.4, -0.2) is 42.3 Å². The zero-order valence-electron chi connectivity index (χ0n) is 12.8. The molecule has 3 aliphatic heterocycles. The normalized spacial score (nSPS) is 29.3. The summed E-state index contributed by atoms with van der Waals surface area (Å²) < 4.78 is 6.75. The number of ether oxygens (including phenoxy) is 1. The van der Waals surface area contributed by atoms with Crippen LogP contribution >= 0.6 is 11.3 Å². The largest absolute Gasteiger partial charge is 0.493 e. The van der Waals surface area contributed by atoms with Crippen LogP contribution in [0.3, 0.4) is 0 Å². The van der Waals surface area contributed by atoms with Gasteiger partial charge in [0.25, 0.3) is 0 Å². The molecule has 1 aromatic carbocycles. The minimum atomic E-state index is -0.0255. The number of rotatable bonds is 1. The minimum absolute atomic E-state index is 0.0255. The van der Waals surface area contributed by atoms with Crippen molar-refractivity contribution in [3.63, 3.8) is 0 Å². The van der Waals surface area contributed by atoms with Crippen molar-refractivity contribution in [1.29, 1.82) is 0 Å². The standard InChI is InChI=1S/C16H18N4O2S/c1-8-14-10(4-6-17-8)18-15(21)20(14)16-19-13-9-5-7-22-11(9)2-3-12(13)23-16/h2-3,8,10,14,17H,4-7H2,1H3,(H,18,21)/t8-,10+,14?/m0/s1. The van der Waals surface area contributed by atoms with Gasteiger partial charge in [0, 0.05) is 18.0 Å². The fraction of sp³-hybridized carbons (Fsp3) is 0.500. The second-order valence-electron chi connectivity index (χ2n) is 6.43. The van der Waals surface area contributed by atoms with Crippen molar-refractivity contribution in [3.05, 3.63) is 17.7 Å². The summed E-state index contributed by atoms with van der Waals surface area (Å²) in [6, 6.07) is 4.64. The average Bonchev–Trinajstić information content (AvgIpc) is 3.20. The van der Waals surface area contributed by atoms with Gasteiger partial charge in [0.1, 0.15) is 5.75 Å². The molecule has 2 N–H and O–H groups in total. The van der Waals surface area contributed by atoms with Gasteiger partial charge in [-0.3, -0.25) is 4.90 Å². The maximum atomic E-state index is 12.5. The highest BCUT2D eigenvalue weighted by molar-refractivity contribution is 7.22. The Morgan fingerprint density at radius 1 is 1.43 bits per heavy atom. The van der Waals surface area contributed by atoms with Gasteiger partial charge in [-0.05, 0) is 32.0 Å². The first kappa shape index (κ1) is 13.6. The van der Waals surface area contributed by atoms with Crippen LogP contribution in [0.2, 0.25) is 0 Å². The fourth-order valence-corrected chi connectivity index (χ4v) is 5.04. The third-order valence-electron chi connectivity index (χ3n) is 5.10. The van der Waals surface area contributed by atoms with E-state index in [4.69, 9.17) is 9.72 Å². The summed E-state index contributed by atoms with van der Waals surface area (Å²) in [5.74, 6) is 0.936. The van der Waals surface area contributed by atoms with E-state index in [2.05, 4.69) is 23.6 Å². The van der Waals surface area contributed by atoms with E-state index in [-0.39, 0.29) is 24.2 Å². The predicted molar refractivity (Wildman–Crippen MR) is 89.5 cm³/mol. The molecule has 0 aliphatic carbocycles. The van der Waals surface area contributed by atoms with Crippen LogP contribution in [0, 0.1) is 0 Å². The minimum Gasteiger partial charge on any atom is -0.493 e. The Hall–Kier alpha value is -1.86. The van der Waals surface area contributed by atoms with Crippen molar-refractivity contribution in [1.82, 2.24) is 15.6 Å². The molecule has 2 aromatic rings. The van der Waals surface area contributed by atoms with Crippen LogP contribution in [0.5, 0.6) is 5.75 Å². The third-order valence-corrected chi connectivity index (χ3v) is 6.12. The van der Waals surface area contributed by atoms with Gasteiger partial charge in [-0.1, -0.05) is 11.3 Å². The molecule has 2 saturated heterocycles. The highest BCUT2D eigenvalue weighted by Gasteiger charge is 2.46. The Labute approximate surface area is 137 Å². The summed E-state index contributed by atoms with van der Waals surface area (Å²) in [6.45, 7) is 3.81. The van der Waals surface area contributed by atoms with Crippen molar-refractivity contribution >= 4 is 32.7 Å². The lowest BCUT2D eigenvalue weighted by molar-refractivity contribution is 0.250. The molecule has 3 atom stereocenters. The highest BCUT2D eigenvalue weighted by atomic mass is 32.1. The number of carbonyl (C=O) groups is 1. The average molecular weight is 330 g/mol. The molecule has 120 valence electrons. The topological polar surface area (TPSA) is 66.5 Å². The molecular weight excluding hydrogens is 312 g/mol. The van der Waals surface area contributed by atoms with E-state index in [1.54, 1.807) is 11.3 Å². The van der Waals surface area contributed by atoms with Crippen LogP contribution in [0.25, 0.3) is 10.2 Å². The second-order valence-corrected chi connectivity index (χ2v) is 7.44. The van der Waals surface area contributed by atoms with E-state index in [1.165, 1.54) is 5.56 Å². The van der Waals surface area contributed by atoms with Crippen LogP contribution in [0.4, 0.5) is 9.93 Å². The van der Waals surface area contributed by atoms with Crippen molar-refractivity contribution in [2.75, 3.05) is 18.1 Å². The molecule has 0 saturated carbocycles. The van der Waals surface area contributed by atoms with Gasteiger partial charge in [0.15, 0.2) is 5.13 Å². The molecule has 2 amide bonds. The lowest BCUT2D eigenvalue weighted by atomic mass is 9.95. The van der Waals surface area contributed by atoms with Crippen molar-refractivity contribution < 1.29 is 9.53 Å². The lowest BCUT2D eigenvalue weighted by Crippen LogP contribution is -2.55. The van der Waals surface area contributed by atoms with Gasteiger partial charge in [-0.25, -0.2) is 9.78 Å². The maximum absolute atomic E-state index is 12.5. The molecule has 1 unspecified atom stereocenters. The molecule has 1 aromatic heterocycles. The molecule has 23 heavy (non-hydrogen) atoms. The number of piperidine rings is 1. The first-order valence-corrected chi connectivity index (χ1v) is 8.92. The number of nitrogens with zero attached hydrogens (tertiary/aromatic N) is 2. The number of thiazole rings is 1. The SMILES string of the molecule is C[C@@H]1NCC[C@H]2NC(=O)N(c3nc4c5c(ccc4s3)OCC5)C12. The van der Waals surface area contributed by atoms with E-state index in [9.17, 15) is 4.79 Å². The van der Waals surface area contributed by atoms with Crippen LogP contribution in [-0.2, 0) is 6.42 Å². The molecule has 6 nitrogen and oxygen atoms in total. The fourth-order valence-electron chi connectivity index (χ4n) is 4.01. The number of nitrogens with one attached hydrogen (secondary N) is 2. The highest BCUT2D eigenvalue weighted by Crippen LogP contribution is 2.39. The monoisotopic (exact) mass is 330 g/mol. The maximum Gasteiger partial charge on any atom is 0.324 e. The third kappa shape index (κ3) is 1.89. The number of hydrogen-bond donors (Lipinski definition) is 2.